The minimum absolute atomic E-state index is 0. The van der Waals surface area contributed by atoms with Crippen LogP contribution < -0.4 is 18.9 Å². The molecule has 0 spiro atoms. The van der Waals surface area contributed by atoms with Crippen molar-refractivity contribution in [3.63, 3.8) is 0 Å². The number of aryl methyl sites for hydroxylation is 1. The largest absolute Gasteiger partial charge is 1.00 e. The van der Waals surface area contributed by atoms with E-state index in [4.69, 9.17) is 0 Å². The Morgan fingerprint density at radius 2 is 1.23 bits per heavy atom. The van der Waals surface area contributed by atoms with E-state index in [1.165, 1.54) is 5.56 Å². The van der Waals surface area contributed by atoms with Crippen LogP contribution in [0.1, 0.15) is 30.0 Å². The summed E-state index contributed by atoms with van der Waals surface area (Å²) in [6, 6.07) is 21.4. The quantitative estimate of drug-likeness (QED) is 0.305. The fourth-order valence-corrected chi connectivity index (χ4v) is 2.84. The second kappa shape index (κ2) is 20.6. The molecule has 0 heterocycles. The molecule has 2 aromatic carbocycles. The average Bonchev–Trinajstić information content (AvgIpc) is 2.70. The van der Waals surface area contributed by atoms with Gasteiger partial charge < -0.3 is 0 Å². The summed E-state index contributed by atoms with van der Waals surface area (Å²) >= 11 is 0. The molecule has 30 heavy (non-hydrogen) atoms. The average molecular weight is 425 g/mol. The molecule has 0 aliphatic carbocycles. The van der Waals surface area contributed by atoms with Crippen LogP contribution in [0, 0.1) is 36.7 Å². The third-order valence-electron chi connectivity index (χ3n) is 3.54. The van der Waals surface area contributed by atoms with Crippen molar-refractivity contribution in [1.29, 1.82) is 0 Å². The van der Waals surface area contributed by atoms with Gasteiger partial charge >= 0.3 is 18.9 Å². The molecule has 0 saturated carbocycles. The van der Waals surface area contributed by atoms with E-state index < -0.39 is 17.6 Å². The maximum absolute atomic E-state index is 3.48. The third kappa shape index (κ3) is 19.6. The van der Waals surface area contributed by atoms with E-state index in [-0.39, 0.29) is 18.9 Å². The summed E-state index contributed by atoms with van der Waals surface area (Å²) in [7, 11) is -0.988. The standard InChI is InChI=1S/C12H16Si.C11H13Si.C4H8.Li/c1-11-6-8-12(9-7-11)5-4-10-13(2)3;1-12(2)10-6-9-11-7-4-3-5-8-11;1-3-4-2;/h6-9,13H,10H2,1-3H3;4-5,7-8,12H,10H2,1-2H3;3H,1,4H2,2H3;/q;-1;;+1. The summed E-state index contributed by atoms with van der Waals surface area (Å²) in [6.45, 7) is 16.9. The molecule has 0 N–H and O–H groups in total. The van der Waals surface area contributed by atoms with Crippen molar-refractivity contribution in [2.45, 2.75) is 58.5 Å². The summed E-state index contributed by atoms with van der Waals surface area (Å²) in [5, 5.41) is 0. The molecule has 0 nitrogen and oxygen atoms in total. The zero-order chi connectivity index (χ0) is 21.9. The molecular weight excluding hydrogens is 387 g/mol. The normalized spacial score (nSPS) is 8.67. The first-order valence-electron chi connectivity index (χ1n) is 10.5. The molecule has 0 bridgehead atoms. The Bertz CT molecular complexity index is 786. The van der Waals surface area contributed by atoms with E-state index in [9.17, 15) is 0 Å². The molecule has 2 rings (SSSR count). The topological polar surface area (TPSA) is 0 Å². The van der Waals surface area contributed by atoms with E-state index in [1.807, 2.05) is 30.3 Å². The van der Waals surface area contributed by atoms with Crippen molar-refractivity contribution in [2.75, 3.05) is 0 Å². The van der Waals surface area contributed by atoms with Gasteiger partial charge in [-0.25, -0.2) is 0 Å². The Kier molecular flexibility index (Phi) is 21.0. The van der Waals surface area contributed by atoms with Gasteiger partial charge in [0.05, 0.1) is 0 Å². The summed E-state index contributed by atoms with van der Waals surface area (Å²) in [6.07, 6.45) is 2.96. The Balaban J connectivity index is 0. The van der Waals surface area contributed by atoms with Crippen molar-refractivity contribution in [3.05, 3.63) is 83.9 Å². The summed E-state index contributed by atoms with van der Waals surface area (Å²) in [4.78, 5) is 0. The second-order valence-electron chi connectivity index (χ2n) is 7.65. The molecule has 0 aromatic heterocycles. The van der Waals surface area contributed by atoms with Crippen LogP contribution in [0.25, 0.3) is 0 Å². The number of allylic oxidation sites excluding steroid dienone is 1. The van der Waals surface area contributed by atoms with Crippen LogP contribution in [-0.2, 0) is 0 Å². The van der Waals surface area contributed by atoms with Gasteiger partial charge in [-0.2, -0.15) is 30.3 Å². The molecule has 0 fully saturated rings. The van der Waals surface area contributed by atoms with Gasteiger partial charge in [0.25, 0.3) is 0 Å². The molecule has 0 saturated heterocycles. The van der Waals surface area contributed by atoms with Crippen molar-refractivity contribution in [1.82, 2.24) is 0 Å². The van der Waals surface area contributed by atoms with Crippen molar-refractivity contribution in [2.24, 2.45) is 0 Å². The Morgan fingerprint density at radius 3 is 1.60 bits per heavy atom. The van der Waals surface area contributed by atoms with Crippen molar-refractivity contribution >= 4 is 17.6 Å². The number of rotatable bonds is 3. The predicted molar refractivity (Wildman–Crippen MR) is 138 cm³/mol. The number of hydrogen-bond donors (Lipinski definition) is 0. The van der Waals surface area contributed by atoms with Gasteiger partial charge in [0.1, 0.15) is 0 Å². The van der Waals surface area contributed by atoms with Crippen LogP contribution in [-0.4, -0.2) is 17.6 Å². The predicted octanol–water partition coefficient (Wildman–Crippen LogP) is 3.74. The van der Waals surface area contributed by atoms with Gasteiger partial charge in [0.15, 0.2) is 0 Å². The Hall–Kier alpha value is -1.67. The van der Waals surface area contributed by atoms with Crippen molar-refractivity contribution in [3.8, 4) is 23.7 Å². The van der Waals surface area contributed by atoms with Gasteiger partial charge in [0, 0.05) is 35.2 Å². The van der Waals surface area contributed by atoms with E-state index >= 15 is 0 Å². The molecule has 2 aromatic rings. The zero-order valence-electron chi connectivity index (χ0n) is 20.2. The minimum Gasteiger partial charge on any atom is -0.184 e. The SMILES string of the molecule is C=CCC.C[SiH](C)CC#Cc1cc[c-]cc1.Cc1ccc(C#CC[SiH](C)C)cc1.[Li+]. The summed E-state index contributed by atoms with van der Waals surface area (Å²) in [5.74, 6) is 12.8. The summed E-state index contributed by atoms with van der Waals surface area (Å²) in [5.41, 5.74) is 3.53. The van der Waals surface area contributed by atoms with E-state index in [0.717, 1.165) is 29.6 Å². The van der Waals surface area contributed by atoms with Crippen LogP contribution >= 0.6 is 0 Å². The molecule has 3 heteroatoms. The molecule has 0 unspecified atom stereocenters. The van der Waals surface area contributed by atoms with E-state index in [1.54, 1.807) is 0 Å². The zero-order valence-corrected chi connectivity index (χ0v) is 22.5. The fraction of sp³-hybridized carbons (Fsp3) is 0.333. The minimum atomic E-state index is -0.495. The number of hydrogen-bond acceptors (Lipinski definition) is 0. The summed E-state index contributed by atoms with van der Waals surface area (Å²) < 4.78 is 0. The Labute approximate surface area is 202 Å². The first kappa shape index (κ1) is 30.5. The van der Waals surface area contributed by atoms with Crippen LogP contribution in [0.15, 0.2) is 61.2 Å². The molecule has 0 aliphatic rings. The maximum Gasteiger partial charge on any atom is 1.00 e. The number of benzene rings is 2. The van der Waals surface area contributed by atoms with Crippen LogP contribution in [0.3, 0.4) is 0 Å². The molecule has 0 radical (unpaired) electrons. The molecule has 0 amide bonds. The molecule has 0 aliphatic heterocycles. The van der Waals surface area contributed by atoms with Crippen LogP contribution in [0.2, 0.25) is 38.3 Å². The van der Waals surface area contributed by atoms with E-state index in [2.05, 4.69) is 101 Å². The van der Waals surface area contributed by atoms with Gasteiger partial charge in [-0.3, -0.25) is 0 Å². The third-order valence-corrected chi connectivity index (χ3v) is 5.59. The molecule has 154 valence electrons. The first-order valence-corrected chi connectivity index (χ1v) is 16.8. The van der Waals surface area contributed by atoms with Crippen LogP contribution in [0.5, 0.6) is 0 Å². The Morgan fingerprint density at radius 1 is 0.833 bits per heavy atom. The fourth-order valence-electron chi connectivity index (χ4n) is 1.82. The first-order chi connectivity index (χ1) is 13.9. The van der Waals surface area contributed by atoms with Gasteiger partial charge in [-0.1, -0.05) is 74.3 Å². The second-order valence-corrected chi connectivity index (χ2v) is 14.0. The molecule has 0 atom stereocenters. The monoisotopic (exact) mass is 424 g/mol. The van der Waals surface area contributed by atoms with Crippen molar-refractivity contribution < 1.29 is 18.9 Å². The maximum atomic E-state index is 3.48. The van der Waals surface area contributed by atoms with E-state index in [0.29, 0.717) is 0 Å². The molecular formula is C27H37LiSi2. The van der Waals surface area contributed by atoms with Gasteiger partial charge in [-0.05, 0) is 25.5 Å². The van der Waals surface area contributed by atoms with Gasteiger partial charge in [-0.15, -0.1) is 18.4 Å². The smallest absolute Gasteiger partial charge is 0.184 e. The van der Waals surface area contributed by atoms with Gasteiger partial charge in [0.2, 0.25) is 0 Å². The van der Waals surface area contributed by atoms with Crippen LogP contribution in [0.4, 0.5) is 0 Å².